The predicted octanol–water partition coefficient (Wildman–Crippen LogP) is 3.29. The minimum Gasteiger partial charge on any atom is -0.300 e. The van der Waals surface area contributed by atoms with Gasteiger partial charge in [-0.05, 0) is 37.2 Å². The number of anilines is 1. The Labute approximate surface area is 184 Å². The van der Waals surface area contributed by atoms with Gasteiger partial charge < -0.3 is 5.32 Å². The van der Waals surface area contributed by atoms with Crippen molar-refractivity contribution in [3.63, 3.8) is 0 Å². The molecule has 1 saturated carbocycles. The van der Waals surface area contributed by atoms with Gasteiger partial charge in [-0.1, -0.05) is 60.2 Å². The monoisotopic (exact) mass is 436 g/mol. The summed E-state index contributed by atoms with van der Waals surface area (Å²) in [5.74, 6) is -0.870. The van der Waals surface area contributed by atoms with Crippen LogP contribution in [0.3, 0.4) is 0 Å². The van der Waals surface area contributed by atoms with Crippen molar-refractivity contribution < 1.29 is 14.4 Å². The zero-order chi connectivity index (χ0) is 21.7. The average molecular weight is 437 g/mol. The molecule has 2 aromatic rings. The quantitative estimate of drug-likeness (QED) is 0.554. The number of imide groups is 1. The average Bonchev–Trinajstić information content (AvgIpc) is 3.52. The zero-order valence-corrected chi connectivity index (χ0v) is 18.3. The van der Waals surface area contributed by atoms with Crippen molar-refractivity contribution in [1.82, 2.24) is 15.1 Å². The number of hydrogen-bond acceptors (Lipinski definition) is 6. The van der Waals surface area contributed by atoms with Gasteiger partial charge in [0.25, 0.3) is 0 Å². The highest BCUT2D eigenvalue weighted by Gasteiger charge is 2.60. The van der Waals surface area contributed by atoms with Crippen LogP contribution in [0.1, 0.15) is 41.9 Å². The second-order valence-corrected chi connectivity index (χ2v) is 9.64. The van der Waals surface area contributed by atoms with Crippen LogP contribution < -0.4 is 5.32 Å². The smallest absolute Gasteiger partial charge is 0.234 e. The van der Waals surface area contributed by atoms with Crippen molar-refractivity contribution in [1.29, 1.82) is 0 Å². The molecule has 1 saturated heterocycles. The summed E-state index contributed by atoms with van der Waals surface area (Å²) in [5, 5.41) is 12.1. The maximum Gasteiger partial charge on any atom is 0.234 e. The van der Waals surface area contributed by atoms with Crippen LogP contribution in [0.4, 0.5) is 5.13 Å². The zero-order valence-electron chi connectivity index (χ0n) is 17.4. The number of aromatic nitrogens is 2. The first-order valence-corrected chi connectivity index (χ1v) is 11.5. The molecule has 5 rings (SSSR count). The molecule has 2 heterocycles. The Bertz CT molecular complexity index is 1050. The molecular formula is C23H24N4O3S. The van der Waals surface area contributed by atoms with Gasteiger partial charge >= 0.3 is 0 Å². The summed E-state index contributed by atoms with van der Waals surface area (Å²) in [4.78, 5) is 41.0. The summed E-state index contributed by atoms with van der Waals surface area (Å²) in [5.41, 5.74) is 1.86. The molecule has 2 aliphatic carbocycles. The Morgan fingerprint density at radius 1 is 1.13 bits per heavy atom. The molecule has 160 valence electrons. The minimum atomic E-state index is -0.635. The molecule has 0 radical (unpaired) electrons. The van der Waals surface area contributed by atoms with Crippen LogP contribution in [-0.4, -0.2) is 32.8 Å². The third-order valence-corrected chi connectivity index (χ3v) is 7.66. The van der Waals surface area contributed by atoms with Crippen LogP contribution in [0.25, 0.3) is 0 Å². The number of carbonyl (C=O) groups is 3. The van der Waals surface area contributed by atoms with Gasteiger partial charge in [0, 0.05) is 0 Å². The molecule has 2 fully saturated rings. The van der Waals surface area contributed by atoms with Gasteiger partial charge in [0.2, 0.25) is 22.9 Å². The summed E-state index contributed by atoms with van der Waals surface area (Å²) in [6, 6.07) is 7.04. The predicted molar refractivity (Wildman–Crippen MR) is 116 cm³/mol. The van der Waals surface area contributed by atoms with Crippen molar-refractivity contribution in [3.8, 4) is 0 Å². The molecule has 2 bridgehead atoms. The number of carbonyl (C=O) groups excluding carboxylic acids is 3. The van der Waals surface area contributed by atoms with Crippen molar-refractivity contribution in [2.24, 2.45) is 23.7 Å². The number of allylic oxidation sites excluding steroid dienone is 2. The lowest BCUT2D eigenvalue weighted by Crippen LogP contribution is -2.38. The van der Waals surface area contributed by atoms with E-state index in [4.69, 9.17) is 0 Å². The van der Waals surface area contributed by atoms with Crippen molar-refractivity contribution in [3.05, 3.63) is 52.6 Å². The Morgan fingerprint density at radius 2 is 1.77 bits per heavy atom. The minimum absolute atomic E-state index is 0.0101. The standard InChI is InChI=1S/C23H24N4O3S/c1-3-18-25-26-23(31-18)24-17(28)11-16(13-6-4-12(2)5-7-13)27-21(29)19-14-8-9-15(10-14)20(19)22(27)30/h4-9,14-16,19-20H,3,10-11H2,1-2H3,(H,24,26,28). The Hall–Kier alpha value is -2.87. The van der Waals surface area contributed by atoms with Crippen LogP contribution in [0.15, 0.2) is 36.4 Å². The van der Waals surface area contributed by atoms with E-state index in [0.29, 0.717) is 5.13 Å². The Balaban J connectivity index is 1.42. The maximum atomic E-state index is 13.4. The van der Waals surface area contributed by atoms with E-state index in [0.717, 1.165) is 29.0 Å². The Morgan fingerprint density at radius 3 is 2.35 bits per heavy atom. The number of likely N-dealkylation sites (tertiary alicyclic amines) is 1. The second kappa shape index (κ2) is 7.67. The van der Waals surface area contributed by atoms with E-state index in [9.17, 15) is 14.4 Å². The Kier molecular flexibility index (Phi) is 4.97. The van der Waals surface area contributed by atoms with Gasteiger partial charge in [-0.2, -0.15) is 0 Å². The number of benzene rings is 1. The molecule has 1 aromatic carbocycles. The highest BCUT2D eigenvalue weighted by molar-refractivity contribution is 7.15. The molecule has 3 aliphatic rings. The van der Waals surface area contributed by atoms with Crippen molar-refractivity contribution in [2.75, 3.05) is 5.32 Å². The molecule has 8 heteroatoms. The third kappa shape index (κ3) is 3.39. The number of nitrogens with zero attached hydrogens (tertiary/aromatic N) is 3. The summed E-state index contributed by atoms with van der Waals surface area (Å²) < 4.78 is 0. The molecule has 5 atom stereocenters. The SMILES string of the molecule is CCc1nnc(NC(=O)CC(c2ccc(C)cc2)N2C(=O)C3C4C=CC(C4)C3C2=O)s1. The fraction of sp³-hybridized carbons (Fsp3) is 0.435. The maximum absolute atomic E-state index is 13.4. The van der Waals surface area contributed by atoms with E-state index in [1.54, 1.807) is 0 Å². The number of fused-ring (bicyclic) bond motifs is 5. The lowest BCUT2D eigenvalue weighted by molar-refractivity contribution is -0.144. The first kappa shape index (κ1) is 20.1. The van der Waals surface area contributed by atoms with Gasteiger partial charge in [-0.3, -0.25) is 19.3 Å². The van der Waals surface area contributed by atoms with E-state index in [1.165, 1.54) is 16.2 Å². The number of amides is 3. The van der Waals surface area contributed by atoms with Crippen molar-refractivity contribution >= 4 is 34.2 Å². The summed E-state index contributed by atoms with van der Waals surface area (Å²) >= 11 is 1.33. The topological polar surface area (TPSA) is 92.3 Å². The lowest BCUT2D eigenvalue weighted by atomic mass is 9.85. The number of aryl methyl sites for hydroxylation is 2. The van der Waals surface area contributed by atoms with Crippen LogP contribution in [0, 0.1) is 30.6 Å². The van der Waals surface area contributed by atoms with E-state index in [2.05, 4.69) is 27.7 Å². The molecule has 31 heavy (non-hydrogen) atoms. The van der Waals surface area contributed by atoms with Crippen LogP contribution >= 0.6 is 11.3 Å². The summed E-state index contributed by atoms with van der Waals surface area (Å²) in [6.45, 7) is 3.95. The van der Waals surface area contributed by atoms with Gasteiger partial charge in [-0.25, -0.2) is 0 Å². The summed E-state index contributed by atoms with van der Waals surface area (Å²) in [7, 11) is 0. The van der Waals surface area contributed by atoms with E-state index in [1.807, 2.05) is 38.1 Å². The fourth-order valence-corrected chi connectivity index (χ4v) is 5.87. The van der Waals surface area contributed by atoms with Gasteiger partial charge in [0.05, 0.1) is 24.3 Å². The highest BCUT2D eigenvalue weighted by Crippen LogP contribution is 2.54. The molecule has 0 spiro atoms. The highest BCUT2D eigenvalue weighted by atomic mass is 32.1. The number of hydrogen-bond donors (Lipinski definition) is 1. The number of nitrogens with one attached hydrogen (secondary N) is 1. The largest absolute Gasteiger partial charge is 0.300 e. The molecule has 7 nitrogen and oxygen atoms in total. The second-order valence-electron chi connectivity index (χ2n) is 8.58. The summed E-state index contributed by atoms with van der Waals surface area (Å²) in [6.07, 6.45) is 5.77. The first-order chi connectivity index (χ1) is 15.0. The van der Waals surface area contributed by atoms with E-state index >= 15 is 0 Å². The molecule has 1 aromatic heterocycles. The molecule has 1 N–H and O–H groups in total. The van der Waals surface area contributed by atoms with Crippen LogP contribution in [0.5, 0.6) is 0 Å². The molecular weight excluding hydrogens is 412 g/mol. The van der Waals surface area contributed by atoms with Gasteiger partial charge in [0.1, 0.15) is 5.01 Å². The van der Waals surface area contributed by atoms with Crippen molar-refractivity contribution in [2.45, 2.75) is 39.2 Å². The van der Waals surface area contributed by atoms with Gasteiger partial charge in [0.15, 0.2) is 0 Å². The van der Waals surface area contributed by atoms with E-state index in [-0.39, 0.29) is 47.8 Å². The number of rotatable bonds is 6. The normalized spacial score (nSPS) is 27.1. The third-order valence-electron chi connectivity index (χ3n) is 6.67. The molecule has 1 aliphatic heterocycles. The fourth-order valence-electron chi connectivity index (χ4n) is 5.17. The molecule has 5 unspecified atom stereocenters. The lowest BCUT2D eigenvalue weighted by Gasteiger charge is -2.28. The van der Waals surface area contributed by atoms with Crippen LogP contribution in [-0.2, 0) is 20.8 Å². The van der Waals surface area contributed by atoms with E-state index < -0.39 is 6.04 Å². The van der Waals surface area contributed by atoms with Crippen LogP contribution in [0.2, 0.25) is 0 Å². The first-order valence-electron chi connectivity index (χ1n) is 10.7. The van der Waals surface area contributed by atoms with Gasteiger partial charge in [-0.15, -0.1) is 10.2 Å². The molecule has 3 amide bonds.